The van der Waals surface area contributed by atoms with Gasteiger partial charge in [0.2, 0.25) is 5.91 Å². The molecule has 0 spiro atoms. The van der Waals surface area contributed by atoms with E-state index in [0.29, 0.717) is 0 Å². The van der Waals surface area contributed by atoms with Crippen LogP contribution in [0.1, 0.15) is 12.8 Å². The molecule has 1 atom stereocenters. The molecule has 0 saturated heterocycles. The second kappa shape index (κ2) is 4.12. The molecule has 5 nitrogen and oxygen atoms in total. The van der Waals surface area contributed by atoms with Crippen LogP contribution < -0.4 is 11.5 Å². The molecule has 0 heterocycles. The average molecular weight is 162 g/mol. The van der Waals surface area contributed by atoms with Gasteiger partial charge in [-0.1, -0.05) is 0 Å². The molecule has 1 amide bonds. The first-order valence-electron chi connectivity index (χ1n) is 2.80. The zero-order valence-corrected chi connectivity index (χ0v) is 6.41. The van der Waals surface area contributed by atoms with Gasteiger partial charge in [-0.15, -0.1) is 0 Å². The highest BCUT2D eigenvalue weighted by Crippen LogP contribution is 1.91. The van der Waals surface area contributed by atoms with E-state index < -0.39 is 20.5 Å². The fourth-order valence-corrected chi connectivity index (χ4v) is 0.813. The average Bonchev–Trinajstić information content (AvgIpc) is 1.82. The van der Waals surface area contributed by atoms with Crippen LogP contribution in [0.15, 0.2) is 0 Å². The first-order valence-corrected chi connectivity index (χ1v) is 4.24. The summed E-state index contributed by atoms with van der Waals surface area (Å²) in [7, 11) is -2.69. The largest absolute Gasteiger partial charge is 0.539 e. The summed E-state index contributed by atoms with van der Waals surface area (Å²) >= 11 is 0. The molecule has 0 aromatic rings. The maximum Gasteiger partial charge on any atom is 0.518 e. The van der Waals surface area contributed by atoms with Gasteiger partial charge in [0.1, 0.15) is 0 Å². The van der Waals surface area contributed by atoms with E-state index in [1.165, 1.54) is 0 Å². The summed E-state index contributed by atoms with van der Waals surface area (Å²) in [6, 6.07) is 0. The summed E-state index contributed by atoms with van der Waals surface area (Å²) in [5.41, 5.74) is 9.12. The lowest BCUT2D eigenvalue weighted by molar-refractivity contribution is -0.118. The Bertz CT molecular complexity index is 149. The maximum absolute atomic E-state index is 10.2. The van der Waals surface area contributed by atoms with Crippen molar-refractivity contribution < 1.29 is 14.1 Å². The van der Waals surface area contributed by atoms with E-state index in [1.54, 1.807) is 0 Å². The summed E-state index contributed by atoms with van der Waals surface area (Å²) in [6.07, 6.45) is 0.252. The molecule has 0 bridgehead atoms. The Morgan fingerprint density at radius 3 is 2.50 bits per heavy atom. The van der Waals surface area contributed by atoms with Crippen molar-refractivity contribution in [3.63, 3.8) is 0 Å². The van der Waals surface area contributed by atoms with Gasteiger partial charge in [0, 0.05) is 6.42 Å². The Hall–Kier alpha value is -0.753. The van der Waals surface area contributed by atoms with E-state index in [4.69, 9.17) is 16.3 Å². The summed E-state index contributed by atoms with van der Waals surface area (Å²) in [5, 5.41) is 0. The fourth-order valence-electron chi connectivity index (χ4n) is 0.421. The van der Waals surface area contributed by atoms with E-state index >= 15 is 0 Å². The number of hydrogen-bond acceptors (Lipinski definition) is 3. The molecular formula is C4H10N2O3Si. The van der Waals surface area contributed by atoms with Gasteiger partial charge < -0.3 is 20.7 Å². The van der Waals surface area contributed by atoms with Crippen molar-refractivity contribution in [3.8, 4) is 0 Å². The minimum absolute atomic E-state index is 0.0676. The first-order chi connectivity index (χ1) is 4.54. The zero-order valence-electron chi connectivity index (χ0n) is 5.41. The number of amides is 1. The molecular weight excluding hydrogens is 152 g/mol. The standard InChI is InChI=1S/C4H10N2O3Si/c5-3(7)1-2-4(6)10(8)9/h4,8H,1-2,6H2,(H2,5,7)/t4-/m1/s1. The molecule has 10 heavy (non-hydrogen) atoms. The van der Waals surface area contributed by atoms with Crippen LogP contribution in [-0.2, 0) is 9.26 Å². The lowest BCUT2D eigenvalue weighted by Gasteiger charge is -2.00. The Kier molecular flexibility index (Phi) is 3.81. The number of primary amides is 1. The van der Waals surface area contributed by atoms with Crippen LogP contribution in [0.5, 0.6) is 0 Å². The van der Waals surface area contributed by atoms with Gasteiger partial charge in [0.15, 0.2) is 0 Å². The van der Waals surface area contributed by atoms with Crippen molar-refractivity contribution in [1.82, 2.24) is 0 Å². The van der Waals surface area contributed by atoms with Crippen LogP contribution in [0.25, 0.3) is 0 Å². The van der Waals surface area contributed by atoms with E-state index in [1.807, 2.05) is 0 Å². The normalized spacial score (nSPS) is 12.5. The highest BCUT2D eigenvalue weighted by molar-refractivity contribution is 6.35. The molecule has 5 N–H and O–H groups in total. The number of hydrogen-bond donors (Lipinski definition) is 3. The second-order valence-electron chi connectivity index (χ2n) is 1.95. The number of carbonyl (C=O) groups excluding carboxylic acids is 1. The molecule has 6 heteroatoms. The second-order valence-corrected chi connectivity index (χ2v) is 3.37. The minimum atomic E-state index is -2.69. The maximum atomic E-state index is 10.2. The van der Waals surface area contributed by atoms with E-state index in [0.717, 1.165) is 0 Å². The smallest absolute Gasteiger partial charge is 0.518 e. The minimum Gasteiger partial charge on any atom is -0.539 e. The molecule has 0 aromatic heterocycles. The molecule has 0 aliphatic rings. The van der Waals surface area contributed by atoms with E-state index in [-0.39, 0.29) is 12.8 Å². The number of nitrogens with two attached hydrogens (primary N) is 2. The van der Waals surface area contributed by atoms with Crippen LogP contribution in [0.4, 0.5) is 0 Å². The van der Waals surface area contributed by atoms with Crippen molar-refractivity contribution in [2.45, 2.75) is 18.5 Å². The van der Waals surface area contributed by atoms with Gasteiger partial charge in [0.05, 0.1) is 5.67 Å². The lowest BCUT2D eigenvalue weighted by atomic mass is 10.3. The van der Waals surface area contributed by atoms with Crippen LogP contribution in [0.2, 0.25) is 0 Å². The van der Waals surface area contributed by atoms with Gasteiger partial charge in [-0.25, -0.2) is 0 Å². The van der Waals surface area contributed by atoms with Crippen LogP contribution in [0.3, 0.4) is 0 Å². The van der Waals surface area contributed by atoms with Crippen molar-refractivity contribution in [2.24, 2.45) is 11.5 Å². The third-order valence-corrected chi connectivity index (χ3v) is 1.94. The highest BCUT2D eigenvalue weighted by atomic mass is 28.3. The Morgan fingerprint density at radius 1 is 1.70 bits per heavy atom. The van der Waals surface area contributed by atoms with Crippen molar-refractivity contribution in [2.75, 3.05) is 0 Å². The molecule has 0 aromatic carbocycles. The highest BCUT2D eigenvalue weighted by Gasteiger charge is 2.15. The lowest BCUT2D eigenvalue weighted by Crippen LogP contribution is -2.33. The van der Waals surface area contributed by atoms with Gasteiger partial charge in [-0.3, -0.25) is 4.79 Å². The predicted octanol–water partition coefficient (Wildman–Crippen LogP) is -1.97. The van der Waals surface area contributed by atoms with E-state index in [2.05, 4.69) is 0 Å². The topological polar surface area (TPSA) is 106 Å². The number of carbonyl (C=O) groups is 1. The summed E-state index contributed by atoms with van der Waals surface area (Å²) < 4.78 is 10.2. The van der Waals surface area contributed by atoms with Gasteiger partial charge in [0.25, 0.3) is 0 Å². The Labute approximate surface area is 59.8 Å². The Balaban J connectivity index is 3.49. The third-order valence-electron chi connectivity index (χ3n) is 1.02. The summed E-state index contributed by atoms with van der Waals surface area (Å²) in [6.45, 7) is 0. The van der Waals surface area contributed by atoms with Crippen molar-refractivity contribution in [1.29, 1.82) is 0 Å². The van der Waals surface area contributed by atoms with Crippen LogP contribution in [0, 0.1) is 0 Å². The summed E-state index contributed by atoms with van der Waals surface area (Å²) in [5.74, 6) is -0.501. The van der Waals surface area contributed by atoms with Gasteiger partial charge in [-0.05, 0) is 6.42 Å². The predicted molar refractivity (Wildman–Crippen MR) is 35.1 cm³/mol. The first kappa shape index (κ1) is 9.25. The quantitative estimate of drug-likeness (QED) is 0.417. The fraction of sp³-hybridized carbons (Fsp3) is 0.750. The molecule has 0 fully saturated rings. The molecule has 0 unspecified atom stereocenters. The molecule has 0 saturated carbocycles. The SMILES string of the molecule is NC(=O)CC[C@H](N)[Si](=O)O. The van der Waals surface area contributed by atoms with Crippen LogP contribution in [-0.4, -0.2) is 25.3 Å². The monoisotopic (exact) mass is 162 g/mol. The summed E-state index contributed by atoms with van der Waals surface area (Å²) in [4.78, 5) is 18.5. The molecule has 0 radical (unpaired) electrons. The Morgan fingerprint density at radius 2 is 2.20 bits per heavy atom. The van der Waals surface area contributed by atoms with Crippen molar-refractivity contribution >= 4 is 14.8 Å². The zero-order chi connectivity index (χ0) is 8.15. The van der Waals surface area contributed by atoms with Crippen molar-refractivity contribution in [3.05, 3.63) is 0 Å². The van der Waals surface area contributed by atoms with E-state index in [9.17, 15) is 9.26 Å². The molecule has 0 aliphatic heterocycles. The van der Waals surface area contributed by atoms with Gasteiger partial charge >= 0.3 is 8.93 Å². The van der Waals surface area contributed by atoms with Crippen LogP contribution >= 0.6 is 0 Å². The number of rotatable bonds is 4. The molecule has 0 rings (SSSR count). The molecule has 58 valence electrons. The molecule has 0 aliphatic carbocycles. The third kappa shape index (κ3) is 4.16. The van der Waals surface area contributed by atoms with Gasteiger partial charge in [-0.2, -0.15) is 0 Å².